The van der Waals surface area contributed by atoms with E-state index >= 15 is 0 Å². The molecular weight excluding hydrogens is 487 g/mol. The monoisotopic (exact) mass is 514 g/mol. The Morgan fingerprint density at radius 2 is 2.04 bits per heavy atom. The zero-order chi connectivity index (χ0) is 19.1. The van der Waals surface area contributed by atoms with Crippen molar-refractivity contribution in [3.8, 4) is 5.75 Å². The summed E-state index contributed by atoms with van der Waals surface area (Å²) in [5, 5.41) is 7.54. The van der Waals surface area contributed by atoms with Crippen LogP contribution in [0.15, 0.2) is 53.5 Å². The van der Waals surface area contributed by atoms with Crippen LogP contribution in [0.3, 0.4) is 0 Å². The molecule has 0 amide bonds. The van der Waals surface area contributed by atoms with Gasteiger partial charge < -0.3 is 20.3 Å². The summed E-state index contributed by atoms with van der Waals surface area (Å²) in [4.78, 5) is 6.73. The van der Waals surface area contributed by atoms with Crippen molar-refractivity contribution in [2.45, 2.75) is 13.0 Å². The molecule has 3 rings (SSSR count). The van der Waals surface area contributed by atoms with E-state index in [2.05, 4.69) is 38.7 Å². The third kappa shape index (κ3) is 6.44. The molecule has 152 valence electrons. The molecule has 1 unspecified atom stereocenters. The van der Waals surface area contributed by atoms with E-state index in [0.717, 1.165) is 48.4 Å². The Morgan fingerprint density at radius 3 is 2.79 bits per heavy atom. The number of benzene rings is 2. The fourth-order valence-corrected chi connectivity index (χ4v) is 3.55. The number of hydrogen-bond donors (Lipinski definition) is 2. The molecule has 0 bridgehead atoms. The predicted molar refractivity (Wildman–Crippen MR) is 128 cm³/mol. The first-order valence-corrected chi connectivity index (χ1v) is 9.63. The zero-order valence-electron chi connectivity index (χ0n) is 16.3. The molecule has 1 fully saturated rings. The third-order valence-corrected chi connectivity index (χ3v) is 5.07. The highest BCUT2D eigenvalue weighted by molar-refractivity contribution is 14.0. The Hall–Kier alpha value is -1.67. The van der Waals surface area contributed by atoms with Gasteiger partial charge in [-0.15, -0.1) is 24.0 Å². The fraction of sp³-hybridized carbons (Fsp3) is 0.381. The summed E-state index contributed by atoms with van der Waals surface area (Å²) in [5.74, 6) is 2.30. The highest BCUT2D eigenvalue weighted by Crippen LogP contribution is 2.26. The van der Waals surface area contributed by atoms with Gasteiger partial charge in [0.1, 0.15) is 5.75 Å². The minimum Gasteiger partial charge on any atom is -0.497 e. The van der Waals surface area contributed by atoms with E-state index in [1.165, 1.54) is 5.69 Å². The first-order valence-electron chi connectivity index (χ1n) is 9.26. The summed E-state index contributed by atoms with van der Waals surface area (Å²) in [6.45, 7) is 3.69. The lowest BCUT2D eigenvalue weighted by molar-refractivity contribution is 0.415. The summed E-state index contributed by atoms with van der Waals surface area (Å²) in [6.07, 6.45) is 1.16. The number of halogens is 2. The number of nitrogens with one attached hydrogen (secondary N) is 2. The van der Waals surface area contributed by atoms with Crippen LogP contribution >= 0.6 is 35.6 Å². The van der Waals surface area contributed by atoms with E-state index in [1.807, 2.05) is 30.3 Å². The molecule has 0 saturated carbocycles. The minimum atomic E-state index is 0. The van der Waals surface area contributed by atoms with E-state index in [9.17, 15) is 0 Å². The second kappa shape index (κ2) is 11.4. The van der Waals surface area contributed by atoms with Crippen LogP contribution in [-0.4, -0.2) is 39.8 Å². The first kappa shape index (κ1) is 22.6. The molecule has 0 radical (unpaired) electrons. The van der Waals surface area contributed by atoms with Crippen molar-refractivity contribution in [3.63, 3.8) is 0 Å². The summed E-state index contributed by atoms with van der Waals surface area (Å²) >= 11 is 6.04. The maximum Gasteiger partial charge on any atom is 0.191 e. The molecule has 2 N–H and O–H groups in total. The standard InChI is InChI=1S/C21H27ClN4O.HI/c1-23-21(24-13-16-5-3-6-18(22)11-16)25-14-17-9-10-26(15-17)19-7-4-8-20(12-19)27-2;/h3-8,11-12,17H,9-10,13-15H2,1-2H3,(H2,23,24,25);1H. The van der Waals surface area contributed by atoms with Crippen molar-refractivity contribution in [1.82, 2.24) is 10.6 Å². The van der Waals surface area contributed by atoms with Crippen molar-refractivity contribution < 1.29 is 4.74 Å². The Bertz CT molecular complexity index is 787. The Morgan fingerprint density at radius 1 is 1.21 bits per heavy atom. The number of aliphatic imine (C=N–C) groups is 1. The van der Waals surface area contributed by atoms with Gasteiger partial charge in [0.15, 0.2) is 5.96 Å². The van der Waals surface area contributed by atoms with Gasteiger partial charge in [-0.3, -0.25) is 4.99 Å². The van der Waals surface area contributed by atoms with Gasteiger partial charge in [-0.05, 0) is 42.2 Å². The van der Waals surface area contributed by atoms with Crippen LogP contribution in [0, 0.1) is 5.92 Å². The van der Waals surface area contributed by atoms with E-state index < -0.39 is 0 Å². The third-order valence-electron chi connectivity index (χ3n) is 4.84. The van der Waals surface area contributed by atoms with Crippen molar-refractivity contribution >= 4 is 47.2 Å². The van der Waals surface area contributed by atoms with E-state index in [1.54, 1.807) is 14.2 Å². The lowest BCUT2D eigenvalue weighted by Crippen LogP contribution is -2.39. The molecule has 28 heavy (non-hydrogen) atoms. The number of hydrogen-bond acceptors (Lipinski definition) is 3. The Balaban J connectivity index is 0.00000280. The molecule has 2 aromatic rings. The lowest BCUT2D eigenvalue weighted by atomic mass is 10.1. The van der Waals surface area contributed by atoms with Crippen LogP contribution in [0.1, 0.15) is 12.0 Å². The number of nitrogens with zero attached hydrogens (tertiary/aromatic N) is 2. The SMILES string of the molecule is CN=C(NCc1cccc(Cl)c1)NCC1CCN(c2cccc(OC)c2)C1.I. The summed E-state index contributed by atoms with van der Waals surface area (Å²) < 4.78 is 5.33. The maximum absolute atomic E-state index is 6.04. The molecule has 1 atom stereocenters. The summed E-state index contributed by atoms with van der Waals surface area (Å²) in [5.41, 5.74) is 2.36. The van der Waals surface area contributed by atoms with Crippen LogP contribution in [0.25, 0.3) is 0 Å². The second-order valence-corrected chi connectivity index (χ2v) is 7.18. The molecule has 0 aromatic heterocycles. The van der Waals surface area contributed by atoms with Gasteiger partial charge in [0.05, 0.1) is 7.11 Å². The quantitative estimate of drug-likeness (QED) is 0.345. The normalized spacial score (nSPS) is 16.5. The van der Waals surface area contributed by atoms with Gasteiger partial charge in [-0.1, -0.05) is 29.8 Å². The lowest BCUT2D eigenvalue weighted by Gasteiger charge is -2.20. The molecule has 1 heterocycles. The molecule has 0 spiro atoms. The number of anilines is 1. The number of ether oxygens (including phenoxy) is 1. The van der Waals surface area contributed by atoms with E-state index in [4.69, 9.17) is 16.3 Å². The number of rotatable bonds is 6. The van der Waals surface area contributed by atoms with Crippen LogP contribution < -0.4 is 20.3 Å². The van der Waals surface area contributed by atoms with Gasteiger partial charge in [0.2, 0.25) is 0 Å². The number of methoxy groups -OCH3 is 1. The average Bonchev–Trinajstić information content (AvgIpc) is 3.17. The van der Waals surface area contributed by atoms with Crippen molar-refractivity contribution in [1.29, 1.82) is 0 Å². The number of guanidine groups is 1. The van der Waals surface area contributed by atoms with Gasteiger partial charge >= 0.3 is 0 Å². The smallest absolute Gasteiger partial charge is 0.191 e. The van der Waals surface area contributed by atoms with Crippen LogP contribution in [0.5, 0.6) is 5.75 Å². The fourth-order valence-electron chi connectivity index (χ4n) is 3.34. The Kier molecular flexibility index (Phi) is 9.18. The van der Waals surface area contributed by atoms with Gasteiger partial charge in [0, 0.05) is 50.0 Å². The maximum atomic E-state index is 6.04. The van der Waals surface area contributed by atoms with Gasteiger partial charge in [-0.2, -0.15) is 0 Å². The van der Waals surface area contributed by atoms with Crippen molar-refractivity contribution in [2.75, 3.05) is 38.7 Å². The Labute approximate surface area is 189 Å². The van der Waals surface area contributed by atoms with Crippen LogP contribution in [0.2, 0.25) is 5.02 Å². The predicted octanol–water partition coefficient (Wildman–Crippen LogP) is 4.16. The van der Waals surface area contributed by atoms with Crippen molar-refractivity contribution in [3.05, 3.63) is 59.1 Å². The highest BCUT2D eigenvalue weighted by atomic mass is 127. The largest absolute Gasteiger partial charge is 0.497 e. The topological polar surface area (TPSA) is 48.9 Å². The van der Waals surface area contributed by atoms with Crippen LogP contribution in [-0.2, 0) is 6.54 Å². The summed E-state index contributed by atoms with van der Waals surface area (Å²) in [6, 6.07) is 16.1. The first-order chi connectivity index (χ1) is 13.2. The molecule has 7 heteroatoms. The van der Waals surface area contributed by atoms with Gasteiger partial charge in [-0.25, -0.2) is 0 Å². The molecule has 5 nitrogen and oxygen atoms in total. The van der Waals surface area contributed by atoms with Crippen molar-refractivity contribution in [2.24, 2.45) is 10.9 Å². The highest BCUT2D eigenvalue weighted by Gasteiger charge is 2.23. The summed E-state index contributed by atoms with van der Waals surface area (Å²) in [7, 11) is 3.50. The zero-order valence-corrected chi connectivity index (χ0v) is 19.4. The minimum absolute atomic E-state index is 0. The van der Waals surface area contributed by atoms with E-state index in [0.29, 0.717) is 12.5 Å². The molecule has 2 aromatic carbocycles. The molecule has 1 aliphatic rings. The average molecular weight is 515 g/mol. The van der Waals surface area contributed by atoms with E-state index in [-0.39, 0.29) is 24.0 Å². The molecular formula is C21H28ClIN4O. The van der Waals surface area contributed by atoms with Crippen LogP contribution in [0.4, 0.5) is 5.69 Å². The molecule has 0 aliphatic carbocycles. The molecule has 1 saturated heterocycles. The second-order valence-electron chi connectivity index (χ2n) is 6.74. The molecule has 1 aliphatic heterocycles. The van der Waals surface area contributed by atoms with Gasteiger partial charge in [0.25, 0.3) is 0 Å².